The van der Waals surface area contributed by atoms with E-state index in [1.165, 1.54) is 0 Å². The van der Waals surface area contributed by atoms with Crippen LogP contribution in [0.1, 0.15) is 19.4 Å². The lowest BCUT2D eigenvalue weighted by atomic mass is 10.1. The van der Waals surface area contributed by atoms with Crippen molar-refractivity contribution in [3.8, 4) is 17.2 Å². The smallest absolute Gasteiger partial charge is 0.265 e. The highest BCUT2D eigenvalue weighted by Crippen LogP contribution is 2.34. The largest absolute Gasteiger partial charge is 0.481 e. The number of amides is 1. The van der Waals surface area contributed by atoms with Gasteiger partial charge in [0.25, 0.3) is 5.91 Å². The molecule has 120 valence electrons. The monoisotopic (exact) mass is 313 g/mol. The van der Waals surface area contributed by atoms with Gasteiger partial charge in [-0.05, 0) is 37.1 Å². The van der Waals surface area contributed by atoms with E-state index in [1.54, 1.807) is 25.1 Å². The summed E-state index contributed by atoms with van der Waals surface area (Å²) in [4.78, 5) is 12.3. The number of anilines is 1. The van der Waals surface area contributed by atoms with Gasteiger partial charge in [-0.2, -0.15) is 0 Å². The van der Waals surface area contributed by atoms with E-state index in [2.05, 4.69) is 12.2 Å². The van der Waals surface area contributed by atoms with E-state index in [-0.39, 0.29) is 12.7 Å². The maximum absolute atomic E-state index is 12.3. The predicted molar refractivity (Wildman–Crippen MR) is 87.1 cm³/mol. The first-order valence-electron chi connectivity index (χ1n) is 7.62. The number of benzene rings is 2. The van der Waals surface area contributed by atoms with Crippen molar-refractivity contribution < 1.29 is 19.0 Å². The first-order chi connectivity index (χ1) is 11.2. The zero-order chi connectivity index (χ0) is 16.2. The highest BCUT2D eigenvalue weighted by Gasteiger charge is 2.18. The van der Waals surface area contributed by atoms with Gasteiger partial charge >= 0.3 is 0 Å². The number of ether oxygens (including phenoxy) is 3. The SMILES string of the molecule is CCc1ccccc1O[C@@H](C)C(=O)Nc1ccc2c(c1)OCO2. The van der Waals surface area contributed by atoms with Gasteiger partial charge in [0.2, 0.25) is 6.79 Å². The van der Waals surface area contributed by atoms with Crippen molar-refractivity contribution >= 4 is 11.6 Å². The predicted octanol–water partition coefficient (Wildman–Crippen LogP) is 3.38. The molecule has 1 aliphatic heterocycles. The van der Waals surface area contributed by atoms with Crippen molar-refractivity contribution in [3.63, 3.8) is 0 Å². The van der Waals surface area contributed by atoms with Gasteiger partial charge in [0.15, 0.2) is 17.6 Å². The summed E-state index contributed by atoms with van der Waals surface area (Å²) in [6.07, 6.45) is 0.250. The molecule has 0 saturated heterocycles. The van der Waals surface area contributed by atoms with E-state index in [0.29, 0.717) is 17.2 Å². The van der Waals surface area contributed by atoms with Crippen molar-refractivity contribution in [1.82, 2.24) is 0 Å². The average molecular weight is 313 g/mol. The van der Waals surface area contributed by atoms with Crippen molar-refractivity contribution in [2.24, 2.45) is 0 Å². The fourth-order valence-corrected chi connectivity index (χ4v) is 2.37. The number of carbonyl (C=O) groups excluding carboxylic acids is 1. The Labute approximate surface area is 135 Å². The van der Waals surface area contributed by atoms with Gasteiger partial charge in [-0.25, -0.2) is 0 Å². The van der Waals surface area contributed by atoms with Crippen molar-refractivity contribution in [2.45, 2.75) is 26.4 Å². The zero-order valence-corrected chi connectivity index (χ0v) is 13.2. The summed E-state index contributed by atoms with van der Waals surface area (Å²) in [6.45, 7) is 3.99. The maximum atomic E-state index is 12.3. The van der Waals surface area contributed by atoms with Crippen LogP contribution < -0.4 is 19.5 Å². The number of carbonyl (C=O) groups is 1. The third-order valence-electron chi connectivity index (χ3n) is 3.67. The molecule has 23 heavy (non-hydrogen) atoms. The molecular formula is C18H19NO4. The first-order valence-corrected chi connectivity index (χ1v) is 7.62. The molecule has 0 unspecified atom stereocenters. The molecular weight excluding hydrogens is 294 g/mol. The van der Waals surface area contributed by atoms with Gasteiger partial charge in [0.05, 0.1) is 0 Å². The molecule has 0 radical (unpaired) electrons. The molecule has 1 N–H and O–H groups in total. The molecule has 0 aromatic heterocycles. The molecule has 1 amide bonds. The summed E-state index contributed by atoms with van der Waals surface area (Å²) < 4.78 is 16.3. The third-order valence-corrected chi connectivity index (χ3v) is 3.67. The summed E-state index contributed by atoms with van der Waals surface area (Å²) in [5, 5.41) is 2.83. The van der Waals surface area contributed by atoms with Gasteiger partial charge in [-0.3, -0.25) is 4.79 Å². The van der Waals surface area contributed by atoms with Crippen LogP contribution in [0.4, 0.5) is 5.69 Å². The van der Waals surface area contributed by atoms with Crippen LogP contribution in [0, 0.1) is 0 Å². The lowest BCUT2D eigenvalue weighted by molar-refractivity contribution is -0.122. The molecule has 5 heteroatoms. The molecule has 0 saturated carbocycles. The molecule has 2 aromatic rings. The second-order valence-electron chi connectivity index (χ2n) is 5.28. The number of hydrogen-bond donors (Lipinski definition) is 1. The first kappa shape index (κ1) is 15.2. The number of fused-ring (bicyclic) bond motifs is 1. The van der Waals surface area contributed by atoms with Crippen LogP contribution in [-0.4, -0.2) is 18.8 Å². The van der Waals surface area contributed by atoms with Gasteiger partial charge in [-0.15, -0.1) is 0 Å². The zero-order valence-electron chi connectivity index (χ0n) is 13.2. The van der Waals surface area contributed by atoms with Gasteiger partial charge in [-0.1, -0.05) is 25.1 Å². The van der Waals surface area contributed by atoms with Crippen molar-refractivity contribution in [1.29, 1.82) is 0 Å². The Morgan fingerprint density at radius 3 is 2.83 bits per heavy atom. The van der Waals surface area contributed by atoms with Crippen molar-refractivity contribution in [3.05, 3.63) is 48.0 Å². The van der Waals surface area contributed by atoms with Crippen molar-refractivity contribution in [2.75, 3.05) is 12.1 Å². The Balaban J connectivity index is 1.66. The van der Waals surface area contributed by atoms with Gasteiger partial charge in [0.1, 0.15) is 5.75 Å². The lowest BCUT2D eigenvalue weighted by Crippen LogP contribution is -2.30. The van der Waals surface area contributed by atoms with Crippen LogP contribution in [0.5, 0.6) is 17.2 Å². The Hall–Kier alpha value is -2.69. The second-order valence-corrected chi connectivity index (χ2v) is 5.28. The Morgan fingerprint density at radius 1 is 1.22 bits per heavy atom. The van der Waals surface area contributed by atoms with Crippen LogP contribution in [-0.2, 0) is 11.2 Å². The summed E-state index contributed by atoms with van der Waals surface area (Å²) in [5.41, 5.74) is 1.73. The van der Waals surface area contributed by atoms with Crippen LogP contribution >= 0.6 is 0 Å². The normalized spacial score (nSPS) is 13.5. The standard InChI is InChI=1S/C18H19NO4/c1-3-13-6-4-5-7-15(13)23-12(2)18(20)19-14-8-9-16-17(10-14)22-11-21-16/h4-10,12H,3,11H2,1-2H3,(H,19,20)/t12-/m0/s1. The topological polar surface area (TPSA) is 56.8 Å². The van der Waals surface area contributed by atoms with Crippen LogP contribution in [0.25, 0.3) is 0 Å². The third kappa shape index (κ3) is 3.39. The molecule has 0 aliphatic carbocycles. The van der Waals surface area contributed by atoms with Crippen LogP contribution in [0.2, 0.25) is 0 Å². The summed E-state index contributed by atoms with van der Waals surface area (Å²) >= 11 is 0. The fourth-order valence-electron chi connectivity index (χ4n) is 2.37. The highest BCUT2D eigenvalue weighted by molar-refractivity contribution is 5.94. The van der Waals surface area contributed by atoms with E-state index in [0.717, 1.165) is 17.7 Å². The molecule has 0 spiro atoms. The lowest BCUT2D eigenvalue weighted by Gasteiger charge is -2.17. The minimum atomic E-state index is -0.604. The number of nitrogens with one attached hydrogen (secondary N) is 1. The number of aryl methyl sites for hydroxylation is 1. The van der Waals surface area contributed by atoms with Gasteiger partial charge in [0, 0.05) is 11.8 Å². The number of para-hydroxylation sites is 1. The highest BCUT2D eigenvalue weighted by atomic mass is 16.7. The molecule has 0 fully saturated rings. The summed E-state index contributed by atoms with van der Waals surface area (Å²) in [5.74, 6) is 1.84. The summed E-state index contributed by atoms with van der Waals surface area (Å²) in [6, 6.07) is 13.0. The molecule has 2 aromatic carbocycles. The van der Waals surface area contributed by atoms with E-state index >= 15 is 0 Å². The molecule has 0 bridgehead atoms. The number of hydrogen-bond acceptors (Lipinski definition) is 4. The second kappa shape index (κ2) is 6.60. The summed E-state index contributed by atoms with van der Waals surface area (Å²) in [7, 11) is 0. The molecule has 1 heterocycles. The number of rotatable bonds is 5. The molecule has 1 aliphatic rings. The average Bonchev–Trinajstić information content (AvgIpc) is 3.03. The fraction of sp³-hybridized carbons (Fsp3) is 0.278. The maximum Gasteiger partial charge on any atom is 0.265 e. The minimum Gasteiger partial charge on any atom is -0.481 e. The molecule has 3 rings (SSSR count). The van der Waals surface area contributed by atoms with Gasteiger partial charge < -0.3 is 19.5 Å². The Morgan fingerprint density at radius 2 is 2.00 bits per heavy atom. The quantitative estimate of drug-likeness (QED) is 0.919. The Bertz CT molecular complexity index is 714. The van der Waals surface area contributed by atoms with E-state index in [1.807, 2.05) is 24.3 Å². The minimum absolute atomic E-state index is 0.208. The van der Waals surface area contributed by atoms with Crippen LogP contribution in [0.15, 0.2) is 42.5 Å². The van der Waals surface area contributed by atoms with E-state index < -0.39 is 6.10 Å². The van der Waals surface area contributed by atoms with E-state index in [9.17, 15) is 4.79 Å². The molecule has 5 nitrogen and oxygen atoms in total. The van der Waals surface area contributed by atoms with Crippen LogP contribution in [0.3, 0.4) is 0 Å². The Kier molecular flexibility index (Phi) is 4.37. The van der Waals surface area contributed by atoms with E-state index in [4.69, 9.17) is 14.2 Å². The molecule has 1 atom stereocenters.